The van der Waals surface area contributed by atoms with Gasteiger partial charge < -0.3 is 5.73 Å². The third-order valence-electron chi connectivity index (χ3n) is 3.40. The van der Waals surface area contributed by atoms with E-state index in [4.69, 9.17) is 5.73 Å². The van der Waals surface area contributed by atoms with E-state index in [9.17, 15) is 4.79 Å². The second kappa shape index (κ2) is 5.30. The maximum absolute atomic E-state index is 12.1. The van der Waals surface area contributed by atoms with Crippen LogP contribution in [-0.4, -0.2) is 17.0 Å². The quantitative estimate of drug-likeness (QED) is 0.849. The van der Waals surface area contributed by atoms with Crippen molar-refractivity contribution in [1.29, 1.82) is 0 Å². The largest absolute Gasteiger partial charge is 0.330 e. The second-order valence-electron chi connectivity index (χ2n) is 4.64. The first kappa shape index (κ1) is 11.4. The van der Waals surface area contributed by atoms with Gasteiger partial charge in [-0.05, 0) is 37.4 Å². The molecule has 0 atom stereocenters. The number of rotatable bonds is 3. The van der Waals surface area contributed by atoms with Crippen molar-refractivity contribution in [3.63, 3.8) is 0 Å². The number of hydrogen-bond donors (Lipinski definition) is 1. The molecule has 1 aliphatic carbocycles. The van der Waals surface area contributed by atoms with Gasteiger partial charge in [0.1, 0.15) is 0 Å². The predicted octanol–water partition coefficient (Wildman–Crippen LogP) is 2.21. The fraction of sp³-hybridized carbons (Fsp3) is 0.615. The molecule has 0 saturated heterocycles. The molecule has 0 aromatic carbocycles. The summed E-state index contributed by atoms with van der Waals surface area (Å²) in [4.78, 5) is 12.1. The van der Waals surface area contributed by atoms with Crippen LogP contribution in [0.2, 0.25) is 0 Å². The minimum absolute atomic E-state index is 0.242. The van der Waals surface area contributed by atoms with Crippen LogP contribution in [0.15, 0.2) is 18.5 Å². The first-order valence-corrected chi connectivity index (χ1v) is 6.22. The maximum atomic E-state index is 12.1. The van der Waals surface area contributed by atoms with Crippen LogP contribution in [0.4, 0.5) is 0 Å². The highest BCUT2D eigenvalue weighted by atomic mass is 16.2. The van der Waals surface area contributed by atoms with Gasteiger partial charge in [0.15, 0.2) is 0 Å². The molecule has 16 heavy (non-hydrogen) atoms. The van der Waals surface area contributed by atoms with Crippen molar-refractivity contribution < 1.29 is 4.79 Å². The summed E-state index contributed by atoms with van der Waals surface area (Å²) >= 11 is 0. The molecule has 1 saturated carbocycles. The normalized spacial score (nSPS) is 17.6. The number of carbonyl (C=O) groups excluding carboxylic acids is 1. The first-order valence-electron chi connectivity index (χ1n) is 6.22. The zero-order chi connectivity index (χ0) is 11.4. The molecule has 3 nitrogen and oxygen atoms in total. The van der Waals surface area contributed by atoms with Crippen molar-refractivity contribution in [3.8, 4) is 0 Å². The van der Waals surface area contributed by atoms with Gasteiger partial charge in [-0.15, -0.1) is 0 Å². The van der Waals surface area contributed by atoms with Crippen LogP contribution in [0.5, 0.6) is 0 Å². The van der Waals surface area contributed by atoms with Gasteiger partial charge in [-0.2, -0.15) is 0 Å². The molecule has 2 N–H and O–H groups in total. The third kappa shape index (κ3) is 2.53. The standard InChI is InChI=1S/C13H20N2O/c14-8-6-11-7-9-15(10-11)13(16)12-4-2-1-3-5-12/h7,9-10,12H,1-6,8,14H2. The van der Waals surface area contributed by atoms with Gasteiger partial charge in [0.05, 0.1) is 0 Å². The number of nitrogens with zero attached hydrogens (tertiary/aromatic N) is 1. The lowest BCUT2D eigenvalue weighted by Crippen LogP contribution is -2.22. The molecular formula is C13H20N2O. The Bertz CT molecular complexity index is 351. The van der Waals surface area contributed by atoms with Crippen molar-refractivity contribution in [3.05, 3.63) is 24.0 Å². The zero-order valence-corrected chi connectivity index (χ0v) is 9.69. The van der Waals surface area contributed by atoms with E-state index in [2.05, 4.69) is 0 Å². The summed E-state index contributed by atoms with van der Waals surface area (Å²) in [5, 5.41) is 0. The average Bonchev–Trinajstić information content (AvgIpc) is 2.78. The summed E-state index contributed by atoms with van der Waals surface area (Å²) in [5.41, 5.74) is 6.65. The molecule has 1 heterocycles. The van der Waals surface area contributed by atoms with Gasteiger partial charge in [0.2, 0.25) is 5.91 Å². The van der Waals surface area contributed by atoms with Crippen LogP contribution in [0.1, 0.15) is 42.5 Å². The number of carbonyl (C=O) groups is 1. The zero-order valence-electron chi connectivity index (χ0n) is 9.69. The minimum atomic E-state index is 0.242. The molecule has 1 aromatic heterocycles. The Hall–Kier alpha value is -1.09. The molecule has 0 radical (unpaired) electrons. The molecule has 2 rings (SSSR count). The van der Waals surface area contributed by atoms with E-state index in [0.29, 0.717) is 6.54 Å². The van der Waals surface area contributed by atoms with Gasteiger partial charge in [-0.3, -0.25) is 9.36 Å². The van der Waals surface area contributed by atoms with E-state index in [1.54, 1.807) is 4.57 Å². The molecule has 1 fully saturated rings. The van der Waals surface area contributed by atoms with Crippen LogP contribution in [0, 0.1) is 5.92 Å². The molecule has 0 spiro atoms. The van der Waals surface area contributed by atoms with Crippen molar-refractivity contribution in [2.24, 2.45) is 11.7 Å². The summed E-state index contributed by atoms with van der Waals surface area (Å²) in [7, 11) is 0. The van der Waals surface area contributed by atoms with Gasteiger partial charge in [0.25, 0.3) is 0 Å². The average molecular weight is 220 g/mol. The number of hydrogen-bond acceptors (Lipinski definition) is 2. The molecule has 3 heteroatoms. The lowest BCUT2D eigenvalue weighted by Gasteiger charge is -2.20. The van der Waals surface area contributed by atoms with E-state index >= 15 is 0 Å². The van der Waals surface area contributed by atoms with Crippen LogP contribution < -0.4 is 5.73 Å². The third-order valence-corrected chi connectivity index (χ3v) is 3.40. The fourth-order valence-electron chi connectivity index (χ4n) is 2.45. The Labute approximate surface area is 96.6 Å². The molecule has 1 aromatic rings. The lowest BCUT2D eigenvalue weighted by atomic mass is 9.88. The van der Waals surface area contributed by atoms with E-state index < -0.39 is 0 Å². The van der Waals surface area contributed by atoms with Gasteiger partial charge in [0, 0.05) is 18.3 Å². The van der Waals surface area contributed by atoms with Crippen LogP contribution >= 0.6 is 0 Å². The molecule has 1 aliphatic rings. The molecular weight excluding hydrogens is 200 g/mol. The molecule has 0 bridgehead atoms. The summed E-state index contributed by atoms with van der Waals surface area (Å²) in [5.74, 6) is 0.509. The van der Waals surface area contributed by atoms with Gasteiger partial charge in [-0.1, -0.05) is 19.3 Å². The lowest BCUT2D eigenvalue weighted by molar-refractivity contribution is 0.0802. The number of aromatic nitrogens is 1. The van der Waals surface area contributed by atoms with Crippen molar-refractivity contribution in [2.45, 2.75) is 38.5 Å². The van der Waals surface area contributed by atoms with Gasteiger partial charge >= 0.3 is 0 Å². The van der Waals surface area contributed by atoms with E-state index in [1.807, 2.05) is 18.5 Å². The molecule has 0 amide bonds. The predicted molar refractivity (Wildman–Crippen MR) is 64.4 cm³/mol. The maximum Gasteiger partial charge on any atom is 0.233 e. The van der Waals surface area contributed by atoms with E-state index in [-0.39, 0.29) is 11.8 Å². The van der Waals surface area contributed by atoms with Crippen LogP contribution in [-0.2, 0) is 6.42 Å². The summed E-state index contributed by atoms with van der Waals surface area (Å²) < 4.78 is 1.75. The fourth-order valence-corrected chi connectivity index (χ4v) is 2.45. The van der Waals surface area contributed by atoms with Crippen molar-refractivity contribution in [1.82, 2.24) is 4.57 Å². The Balaban J connectivity index is 2.01. The van der Waals surface area contributed by atoms with Crippen LogP contribution in [0.3, 0.4) is 0 Å². The summed E-state index contributed by atoms with van der Waals surface area (Å²) in [6.45, 7) is 0.641. The van der Waals surface area contributed by atoms with Crippen LogP contribution in [0.25, 0.3) is 0 Å². The summed E-state index contributed by atoms with van der Waals surface area (Å²) in [6.07, 6.45) is 10.5. The number of nitrogens with two attached hydrogens (primary N) is 1. The Kier molecular flexibility index (Phi) is 3.78. The second-order valence-corrected chi connectivity index (χ2v) is 4.64. The molecule has 88 valence electrons. The topological polar surface area (TPSA) is 48.0 Å². The SMILES string of the molecule is NCCc1ccn(C(=O)C2CCCCC2)c1. The Morgan fingerprint density at radius 1 is 1.38 bits per heavy atom. The monoisotopic (exact) mass is 220 g/mol. The highest BCUT2D eigenvalue weighted by Gasteiger charge is 2.22. The summed E-state index contributed by atoms with van der Waals surface area (Å²) in [6, 6.07) is 1.99. The Morgan fingerprint density at radius 2 is 2.12 bits per heavy atom. The molecule has 0 aliphatic heterocycles. The van der Waals surface area contributed by atoms with Gasteiger partial charge in [-0.25, -0.2) is 0 Å². The Morgan fingerprint density at radius 3 is 2.81 bits per heavy atom. The van der Waals surface area contributed by atoms with Crippen molar-refractivity contribution >= 4 is 5.91 Å². The van der Waals surface area contributed by atoms with E-state index in [0.717, 1.165) is 24.8 Å². The minimum Gasteiger partial charge on any atom is -0.330 e. The molecule has 0 unspecified atom stereocenters. The highest BCUT2D eigenvalue weighted by Crippen LogP contribution is 2.25. The first-order chi connectivity index (χ1) is 7.81. The smallest absolute Gasteiger partial charge is 0.233 e. The van der Waals surface area contributed by atoms with Crippen molar-refractivity contribution in [2.75, 3.05) is 6.54 Å². The highest BCUT2D eigenvalue weighted by molar-refractivity contribution is 5.81. The van der Waals surface area contributed by atoms with E-state index in [1.165, 1.54) is 19.3 Å².